The molecule has 0 spiro atoms. The van der Waals surface area contributed by atoms with Crippen LogP contribution in [0.1, 0.15) is 19.8 Å². The van der Waals surface area contributed by atoms with Crippen LogP contribution in [0.2, 0.25) is 0 Å². The van der Waals surface area contributed by atoms with E-state index in [9.17, 15) is 0 Å². The molecule has 0 aromatic rings. The molecule has 7 heavy (non-hydrogen) atoms. The van der Waals surface area contributed by atoms with Crippen LogP contribution in [0.4, 0.5) is 0 Å². The third-order valence-corrected chi connectivity index (χ3v) is 0.289. The van der Waals surface area contributed by atoms with Crippen LogP contribution < -0.4 is 0 Å². The summed E-state index contributed by atoms with van der Waals surface area (Å²) in [6, 6.07) is 0. The van der Waals surface area contributed by atoms with Gasteiger partial charge >= 0.3 is 31.1 Å². The van der Waals surface area contributed by atoms with Crippen LogP contribution in [0.25, 0.3) is 5.73 Å². The molecule has 2 heteroatoms. The predicted molar refractivity (Wildman–Crippen MR) is 28.4 cm³/mol. The predicted octanol–water partition coefficient (Wildman–Crippen LogP) is 2.04. The first kappa shape index (κ1) is 10.9. The minimum absolute atomic E-state index is 0. The van der Waals surface area contributed by atoms with E-state index in [0.717, 1.165) is 0 Å². The van der Waals surface area contributed by atoms with Crippen molar-refractivity contribution in [2.45, 2.75) is 19.8 Å². The Morgan fingerprint density at radius 3 is 1.71 bits per heavy atom. The van der Waals surface area contributed by atoms with Crippen molar-refractivity contribution in [3.8, 4) is 0 Å². The van der Waals surface area contributed by atoms with Gasteiger partial charge in [-0.1, -0.05) is 6.92 Å². The molecular formula is C5H11NU. The van der Waals surface area contributed by atoms with Crippen LogP contribution in [-0.2, 0) is 0 Å². The minimum Gasteiger partial charge on any atom is -0.678 e. The van der Waals surface area contributed by atoms with Crippen LogP contribution >= 0.6 is 0 Å². The third kappa shape index (κ3) is 43.5. The first-order valence-electron chi connectivity index (χ1n) is 2.38. The monoisotopic (exact) mass is 323 g/mol. The summed E-state index contributed by atoms with van der Waals surface area (Å²) < 4.78 is 0. The molecule has 0 aromatic carbocycles. The summed E-state index contributed by atoms with van der Waals surface area (Å²) in [6.07, 6.45) is 5.00. The van der Waals surface area contributed by atoms with Crippen molar-refractivity contribution in [3.63, 3.8) is 0 Å². The maximum Gasteiger partial charge on any atom is 2.00 e. The van der Waals surface area contributed by atoms with Gasteiger partial charge in [-0.05, 0) is 0 Å². The first-order chi connectivity index (χ1) is 2.91. The normalized spacial score (nSPS) is 12.9. The average Bonchev–Trinajstić information content (AvgIpc) is 2.11. The zero-order chi connectivity index (χ0) is 4.83. The van der Waals surface area contributed by atoms with Gasteiger partial charge in [0.2, 0.25) is 0 Å². The van der Waals surface area contributed by atoms with E-state index >= 15 is 0 Å². The fraction of sp³-hybridized carbons (Fsp3) is 0.800. The van der Waals surface area contributed by atoms with Crippen molar-refractivity contribution in [2.75, 3.05) is 6.54 Å². The van der Waals surface area contributed by atoms with Crippen molar-refractivity contribution in [2.24, 2.45) is 0 Å². The SMILES string of the molecule is CC[NH-].[CH-]1CC1.[U+2]. The Labute approximate surface area is 69.4 Å². The minimum atomic E-state index is 0. The molecule has 1 aliphatic carbocycles. The Bertz CT molecular complexity index is 19.3. The summed E-state index contributed by atoms with van der Waals surface area (Å²) in [5.41, 5.74) is 6.21. The van der Waals surface area contributed by atoms with E-state index < -0.39 is 0 Å². The zero-order valence-corrected chi connectivity index (χ0v) is 8.86. The molecule has 1 N–H and O–H groups in total. The summed E-state index contributed by atoms with van der Waals surface area (Å²) in [5, 5.41) is 0. The second kappa shape index (κ2) is 10.1. The van der Waals surface area contributed by atoms with Crippen molar-refractivity contribution in [1.29, 1.82) is 0 Å². The Hall–Kier alpha value is 1.01. The van der Waals surface area contributed by atoms with Gasteiger partial charge in [-0.2, -0.15) is 6.54 Å². The maximum atomic E-state index is 6.21. The largest absolute Gasteiger partial charge is 2.00 e. The molecule has 0 aromatic heterocycles. The molecule has 1 saturated carbocycles. The van der Waals surface area contributed by atoms with Crippen molar-refractivity contribution in [1.82, 2.24) is 0 Å². The number of hydrogen-bond acceptors (Lipinski definition) is 0. The fourth-order valence-electron chi connectivity index (χ4n) is 0. The van der Waals surface area contributed by atoms with Gasteiger partial charge in [-0.3, -0.25) is 0 Å². The van der Waals surface area contributed by atoms with Crippen LogP contribution in [-0.4, -0.2) is 6.54 Å². The van der Waals surface area contributed by atoms with Crippen molar-refractivity contribution in [3.05, 3.63) is 12.2 Å². The number of rotatable bonds is 0. The summed E-state index contributed by atoms with van der Waals surface area (Å²) in [4.78, 5) is 0. The van der Waals surface area contributed by atoms with Crippen LogP contribution in [0.15, 0.2) is 0 Å². The van der Waals surface area contributed by atoms with Gasteiger partial charge in [0.05, 0.1) is 0 Å². The number of nitrogens with one attached hydrogen (secondary N) is 1. The molecule has 0 amide bonds. The van der Waals surface area contributed by atoms with Crippen molar-refractivity contribution >= 4 is 0 Å². The summed E-state index contributed by atoms with van der Waals surface area (Å²) >= 11 is 0. The van der Waals surface area contributed by atoms with Crippen LogP contribution in [0, 0.1) is 37.5 Å². The van der Waals surface area contributed by atoms with Gasteiger partial charge in [0.1, 0.15) is 0 Å². The van der Waals surface area contributed by atoms with E-state index in [1.807, 2.05) is 0 Å². The van der Waals surface area contributed by atoms with Gasteiger partial charge in [0.15, 0.2) is 0 Å². The molecule has 1 aliphatic rings. The molecule has 0 radical (unpaired) electrons. The van der Waals surface area contributed by atoms with Gasteiger partial charge in [-0.25, -0.2) is 12.8 Å². The smallest absolute Gasteiger partial charge is 0.678 e. The molecule has 0 aliphatic heterocycles. The van der Waals surface area contributed by atoms with Crippen LogP contribution in [0.3, 0.4) is 0 Å². The molecule has 1 nitrogen and oxygen atoms in total. The molecule has 40 valence electrons. The van der Waals surface area contributed by atoms with E-state index in [2.05, 4.69) is 6.42 Å². The van der Waals surface area contributed by atoms with Gasteiger partial charge in [-0.15, -0.1) is 0 Å². The van der Waals surface area contributed by atoms with E-state index in [1.165, 1.54) is 12.8 Å². The first-order valence-corrected chi connectivity index (χ1v) is 2.38. The second-order valence-electron chi connectivity index (χ2n) is 1.22. The Morgan fingerprint density at radius 2 is 1.71 bits per heavy atom. The molecule has 1 fully saturated rings. The molecule has 0 unspecified atom stereocenters. The maximum absolute atomic E-state index is 6.21. The molecular weight excluding hydrogens is 312 g/mol. The zero-order valence-electron chi connectivity index (χ0n) is 4.70. The summed E-state index contributed by atoms with van der Waals surface area (Å²) in [5.74, 6) is 0. The van der Waals surface area contributed by atoms with Crippen LogP contribution in [0.5, 0.6) is 0 Å². The molecule has 0 saturated heterocycles. The fourth-order valence-corrected chi connectivity index (χ4v) is 0. The molecule has 0 bridgehead atoms. The van der Waals surface area contributed by atoms with Crippen molar-refractivity contribution < 1.29 is 31.1 Å². The average molecular weight is 323 g/mol. The standard InChI is InChI=1S/C3H5.C2H6N.U/c1-2-3-1;1-2-3;/h1H,2-3H2;3H,2H2,1H3;/q2*-1;+2. The van der Waals surface area contributed by atoms with E-state index in [0.29, 0.717) is 6.54 Å². The number of hydrogen-bond donors (Lipinski definition) is 0. The molecule has 0 heterocycles. The summed E-state index contributed by atoms with van der Waals surface area (Å²) in [7, 11) is 0. The topological polar surface area (TPSA) is 23.8 Å². The Kier molecular flexibility index (Phi) is 15.7. The van der Waals surface area contributed by atoms with E-state index in [4.69, 9.17) is 5.73 Å². The Balaban J connectivity index is 0. The molecule has 0 atom stereocenters. The molecule has 1 rings (SSSR count). The van der Waals surface area contributed by atoms with Gasteiger partial charge in [0, 0.05) is 0 Å². The Morgan fingerprint density at radius 1 is 1.57 bits per heavy atom. The van der Waals surface area contributed by atoms with Gasteiger partial charge < -0.3 is 12.2 Å². The van der Waals surface area contributed by atoms with Gasteiger partial charge in [0.25, 0.3) is 0 Å². The van der Waals surface area contributed by atoms with E-state index in [-0.39, 0.29) is 31.1 Å². The second-order valence-corrected chi connectivity index (χ2v) is 1.22. The van der Waals surface area contributed by atoms with E-state index in [1.54, 1.807) is 6.92 Å². The quantitative estimate of drug-likeness (QED) is 0.610. The summed E-state index contributed by atoms with van der Waals surface area (Å²) in [6.45, 7) is 2.29. The third-order valence-electron chi connectivity index (χ3n) is 0.289.